The van der Waals surface area contributed by atoms with Crippen LogP contribution in [0, 0.1) is 10.1 Å². The van der Waals surface area contributed by atoms with Crippen LogP contribution in [0.15, 0.2) is 34.5 Å². The molecule has 10 heteroatoms. The number of anilines is 2. The van der Waals surface area contributed by atoms with Crippen molar-refractivity contribution >= 4 is 50.0 Å². The highest BCUT2D eigenvalue weighted by Gasteiger charge is 2.25. The number of hydrogen-bond acceptors (Lipinski definition) is 6. The lowest BCUT2D eigenvalue weighted by molar-refractivity contribution is -0.384. The zero-order chi connectivity index (χ0) is 15.6. The molecule has 0 aliphatic heterocycles. The highest BCUT2D eigenvalue weighted by atomic mass is 35.5. The van der Waals surface area contributed by atoms with Crippen LogP contribution in [-0.4, -0.2) is 20.4 Å². The van der Waals surface area contributed by atoms with E-state index in [0.29, 0.717) is 17.0 Å². The molecule has 1 aromatic heterocycles. The smallest absolute Gasteiger partial charge is 0.300 e. The molecule has 1 aromatic carbocycles. The summed E-state index contributed by atoms with van der Waals surface area (Å²) in [6.07, 6.45) is 0. The Bertz CT molecular complexity index is 771. The average molecular weight is 348 g/mol. The molecule has 1 heterocycles. The number of rotatable bonds is 5. The second-order valence-electron chi connectivity index (χ2n) is 3.91. The maximum atomic E-state index is 12.1. The topological polar surface area (TPSA) is 101 Å². The van der Waals surface area contributed by atoms with Crippen molar-refractivity contribution in [2.75, 3.05) is 17.1 Å². The van der Waals surface area contributed by atoms with Crippen molar-refractivity contribution < 1.29 is 13.3 Å². The zero-order valence-electron chi connectivity index (χ0n) is 10.7. The highest BCUT2D eigenvalue weighted by Crippen LogP contribution is 2.36. The Morgan fingerprint density at radius 2 is 1.81 bits per heavy atom. The van der Waals surface area contributed by atoms with E-state index in [9.17, 15) is 18.5 Å². The van der Waals surface area contributed by atoms with Gasteiger partial charge < -0.3 is 5.32 Å². The number of benzene rings is 1. The largest absolute Gasteiger partial charge is 0.388 e. The van der Waals surface area contributed by atoms with E-state index in [0.717, 1.165) is 11.8 Å². The molecule has 112 valence electrons. The van der Waals surface area contributed by atoms with Gasteiger partial charge in [0.1, 0.15) is 4.21 Å². The monoisotopic (exact) mass is 347 g/mol. The van der Waals surface area contributed by atoms with Crippen LogP contribution in [-0.2, 0) is 10.0 Å². The lowest BCUT2D eigenvalue weighted by Gasteiger charge is -2.06. The minimum absolute atomic E-state index is 0.175. The van der Waals surface area contributed by atoms with E-state index in [1.165, 1.54) is 0 Å². The number of nitrogens with zero attached hydrogens (tertiary/aromatic N) is 1. The van der Waals surface area contributed by atoms with Crippen molar-refractivity contribution in [3.05, 3.63) is 44.8 Å². The summed E-state index contributed by atoms with van der Waals surface area (Å²) in [6, 6.07) is 7.49. The molecule has 0 atom stereocenters. The Morgan fingerprint density at radius 1 is 1.24 bits per heavy atom. The predicted molar refractivity (Wildman–Crippen MR) is 82.8 cm³/mol. The Kier molecular flexibility index (Phi) is 4.35. The molecule has 0 radical (unpaired) electrons. The summed E-state index contributed by atoms with van der Waals surface area (Å²) >= 11 is 6.30. The number of nitrogens with one attached hydrogen (secondary N) is 2. The molecule has 0 fully saturated rings. The maximum Gasteiger partial charge on any atom is 0.300 e. The first-order chi connectivity index (χ1) is 9.83. The van der Waals surface area contributed by atoms with Gasteiger partial charge in [0, 0.05) is 24.5 Å². The summed E-state index contributed by atoms with van der Waals surface area (Å²) < 4.78 is 26.2. The molecular formula is C11H10ClN3O4S2. The lowest BCUT2D eigenvalue weighted by Crippen LogP contribution is -2.11. The van der Waals surface area contributed by atoms with Crippen molar-refractivity contribution in [1.82, 2.24) is 0 Å². The Balaban J connectivity index is 2.29. The molecule has 0 aliphatic carbocycles. The van der Waals surface area contributed by atoms with Gasteiger partial charge in [-0.1, -0.05) is 11.6 Å². The summed E-state index contributed by atoms with van der Waals surface area (Å²) in [5.41, 5.74) is 0.751. The van der Waals surface area contributed by atoms with Crippen molar-refractivity contribution in [2.24, 2.45) is 0 Å². The van der Waals surface area contributed by atoms with E-state index in [-0.39, 0.29) is 8.55 Å². The average Bonchev–Trinajstić information content (AvgIpc) is 2.82. The lowest BCUT2D eigenvalue weighted by atomic mass is 10.3. The zero-order valence-corrected chi connectivity index (χ0v) is 13.1. The second-order valence-corrected chi connectivity index (χ2v) is 7.48. The summed E-state index contributed by atoms with van der Waals surface area (Å²) in [6.45, 7) is 0. The van der Waals surface area contributed by atoms with Crippen LogP contribution in [0.25, 0.3) is 0 Å². The van der Waals surface area contributed by atoms with Crippen molar-refractivity contribution in [2.45, 2.75) is 4.21 Å². The minimum atomic E-state index is -3.91. The summed E-state index contributed by atoms with van der Waals surface area (Å²) in [5.74, 6) is 0. The fraction of sp³-hybridized carbons (Fsp3) is 0.0909. The van der Waals surface area contributed by atoms with Gasteiger partial charge in [-0.05, 0) is 24.3 Å². The predicted octanol–water partition coefficient (Wildman–Crippen LogP) is 3.15. The van der Waals surface area contributed by atoms with Crippen molar-refractivity contribution in [3.63, 3.8) is 0 Å². The number of halogens is 1. The third kappa shape index (κ3) is 3.43. The highest BCUT2D eigenvalue weighted by molar-refractivity contribution is 7.94. The summed E-state index contributed by atoms with van der Waals surface area (Å²) in [7, 11) is -2.17. The second kappa shape index (κ2) is 5.88. The first-order valence-electron chi connectivity index (χ1n) is 5.58. The van der Waals surface area contributed by atoms with Crippen LogP contribution in [0.5, 0.6) is 0 Å². The maximum absolute atomic E-state index is 12.1. The summed E-state index contributed by atoms with van der Waals surface area (Å²) in [4.78, 5) is 9.97. The van der Waals surface area contributed by atoms with Gasteiger partial charge in [0.15, 0.2) is 4.34 Å². The SMILES string of the molecule is CNc1ccc(NS(=O)(=O)c2cc([N+](=O)[O-])c(Cl)s2)cc1. The van der Waals surface area contributed by atoms with E-state index in [2.05, 4.69) is 10.0 Å². The van der Waals surface area contributed by atoms with Crippen molar-refractivity contribution in [1.29, 1.82) is 0 Å². The van der Waals surface area contributed by atoms with Crippen LogP contribution in [0.3, 0.4) is 0 Å². The molecule has 0 spiro atoms. The Morgan fingerprint density at radius 3 is 2.29 bits per heavy atom. The number of thiophene rings is 1. The quantitative estimate of drug-likeness (QED) is 0.639. The fourth-order valence-corrected chi connectivity index (χ4v) is 4.23. The van der Waals surface area contributed by atoms with E-state index in [1.807, 2.05) is 0 Å². The van der Waals surface area contributed by atoms with Crippen LogP contribution in [0.4, 0.5) is 17.1 Å². The molecule has 0 saturated carbocycles. The number of nitro groups is 1. The van der Waals surface area contributed by atoms with Gasteiger partial charge in [-0.2, -0.15) is 0 Å². The molecule has 2 aromatic rings. The van der Waals surface area contributed by atoms with Crippen LogP contribution in [0.2, 0.25) is 4.34 Å². The molecule has 2 rings (SSSR count). The van der Waals surface area contributed by atoms with E-state index in [4.69, 9.17) is 11.6 Å². The molecule has 2 N–H and O–H groups in total. The van der Waals surface area contributed by atoms with Crippen LogP contribution < -0.4 is 10.0 Å². The van der Waals surface area contributed by atoms with E-state index >= 15 is 0 Å². The van der Waals surface area contributed by atoms with E-state index < -0.39 is 20.6 Å². The molecule has 0 amide bonds. The molecule has 0 bridgehead atoms. The number of sulfonamides is 1. The van der Waals surface area contributed by atoms with E-state index in [1.54, 1.807) is 31.3 Å². The molecular weight excluding hydrogens is 338 g/mol. The van der Waals surface area contributed by atoms with Gasteiger partial charge in [0.25, 0.3) is 15.7 Å². The van der Waals surface area contributed by atoms with Crippen molar-refractivity contribution in [3.8, 4) is 0 Å². The molecule has 21 heavy (non-hydrogen) atoms. The van der Waals surface area contributed by atoms with Crippen LogP contribution in [0.1, 0.15) is 0 Å². The molecule has 0 unspecified atom stereocenters. The summed E-state index contributed by atoms with van der Waals surface area (Å²) in [5, 5.41) is 13.6. The third-order valence-corrected chi connectivity index (χ3v) is 5.73. The third-order valence-electron chi connectivity index (χ3n) is 2.53. The van der Waals surface area contributed by atoms with Gasteiger partial charge in [-0.25, -0.2) is 8.42 Å². The first-order valence-corrected chi connectivity index (χ1v) is 8.25. The molecule has 0 aliphatic rings. The van der Waals surface area contributed by atoms with Gasteiger partial charge in [0.2, 0.25) is 0 Å². The Hall–Kier alpha value is -1.84. The normalized spacial score (nSPS) is 11.1. The minimum Gasteiger partial charge on any atom is -0.388 e. The molecule has 7 nitrogen and oxygen atoms in total. The first kappa shape index (κ1) is 15.5. The van der Waals surface area contributed by atoms with Gasteiger partial charge in [-0.15, -0.1) is 11.3 Å². The fourth-order valence-electron chi connectivity index (χ4n) is 1.51. The van der Waals surface area contributed by atoms with Crippen LogP contribution >= 0.6 is 22.9 Å². The Labute approximate surface area is 129 Å². The van der Waals surface area contributed by atoms with Gasteiger partial charge >= 0.3 is 0 Å². The molecule has 0 saturated heterocycles. The standard InChI is InChI=1S/C11H10ClN3O4S2/c1-13-7-2-4-8(5-3-7)14-21(18,19)10-6-9(15(16)17)11(12)20-10/h2-6,13-14H,1H3. The van der Waals surface area contributed by atoms with Gasteiger partial charge in [-0.3, -0.25) is 14.8 Å². The van der Waals surface area contributed by atoms with Gasteiger partial charge in [0.05, 0.1) is 4.92 Å². The number of hydrogen-bond donors (Lipinski definition) is 2.